The van der Waals surface area contributed by atoms with Crippen LogP contribution in [0.5, 0.6) is 5.75 Å². The van der Waals surface area contributed by atoms with E-state index in [-0.39, 0.29) is 5.75 Å². The summed E-state index contributed by atoms with van der Waals surface area (Å²) in [7, 11) is 1.24. The van der Waals surface area contributed by atoms with E-state index in [4.69, 9.17) is 0 Å². The molecule has 0 bridgehead atoms. The molecule has 0 aromatic heterocycles. The maximum absolute atomic E-state index is 12.3. The molecule has 0 aliphatic rings. The SMILES string of the molecule is CC.COc1cc(F)c(F)c(F)c1. The van der Waals surface area contributed by atoms with Gasteiger partial charge in [-0.05, 0) is 0 Å². The zero-order valence-corrected chi connectivity index (χ0v) is 7.70. The molecule has 1 aromatic rings. The second-order valence-corrected chi connectivity index (χ2v) is 1.91. The van der Waals surface area contributed by atoms with Gasteiger partial charge in [0.05, 0.1) is 7.11 Å². The van der Waals surface area contributed by atoms with Gasteiger partial charge in [-0.3, -0.25) is 0 Å². The van der Waals surface area contributed by atoms with Crippen LogP contribution in [-0.2, 0) is 0 Å². The minimum atomic E-state index is -1.48. The van der Waals surface area contributed by atoms with Gasteiger partial charge in [0.15, 0.2) is 17.5 Å². The standard InChI is InChI=1S/C7H5F3O.C2H6/c1-11-4-2-5(8)7(10)6(9)3-4;1-2/h2-3H,1H3;1-2H3. The van der Waals surface area contributed by atoms with Gasteiger partial charge in [-0.2, -0.15) is 0 Å². The molecule has 0 radical (unpaired) electrons. The van der Waals surface area contributed by atoms with Crippen LogP contribution in [-0.4, -0.2) is 7.11 Å². The highest BCUT2D eigenvalue weighted by atomic mass is 19.2. The summed E-state index contributed by atoms with van der Waals surface area (Å²) in [5.41, 5.74) is 0. The molecule has 1 nitrogen and oxygen atoms in total. The average Bonchev–Trinajstić information content (AvgIpc) is 2.16. The lowest BCUT2D eigenvalue weighted by molar-refractivity contribution is 0.391. The van der Waals surface area contributed by atoms with Crippen LogP contribution in [0.3, 0.4) is 0 Å². The molecule has 74 valence electrons. The lowest BCUT2D eigenvalue weighted by atomic mass is 10.3. The molecule has 0 N–H and O–H groups in total. The largest absolute Gasteiger partial charge is 0.497 e. The summed E-state index contributed by atoms with van der Waals surface area (Å²) in [6.07, 6.45) is 0. The minimum Gasteiger partial charge on any atom is -0.497 e. The van der Waals surface area contributed by atoms with Crippen molar-refractivity contribution in [3.8, 4) is 5.75 Å². The van der Waals surface area contributed by atoms with E-state index in [2.05, 4.69) is 4.74 Å². The highest BCUT2D eigenvalue weighted by Crippen LogP contribution is 2.18. The third kappa shape index (κ3) is 2.97. The summed E-state index contributed by atoms with van der Waals surface area (Å²) in [5.74, 6) is -4.02. The third-order valence-corrected chi connectivity index (χ3v) is 1.19. The van der Waals surface area contributed by atoms with Crippen LogP contribution in [0.2, 0.25) is 0 Å². The first-order valence-electron chi connectivity index (χ1n) is 3.83. The Morgan fingerprint density at radius 3 is 1.69 bits per heavy atom. The molecule has 0 atom stereocenters. The average molecular weight is 192 g/mol. The number of hydrogen-bond acceptors (Lipinski definition) is 1. The zero-order valence-electron chi connectivity index (χ0n) is 7.70. The van der Waals surface area contributed by atoms with E-state index in [1.54, 1.807) is 0 Å². The summed E-state index contributed by atoms with van der Waals surface area (Å²) >= 11 is 0. The molecular formula is C9H11F3O. The Morgan fingerprint density at radius 2 is 1.38 bits per heavy atom. The fourth-order valence-corrected chi connectivity index (χ4v) is 0.650. The van der Waals surface area contributed by atoms with Crippen molar-refractivity contribution in [2.75, 3.05) is 7.11 Å². The summed E-state index contributed by atoms with van der Waals surface area (Å²) in [6.45, 7) is 4.00. The van der Waals surface area contributed by atoms with Gasteiger partial charge in [0.2, 0.25) is 0 Å². The van der Waals surface area contributed by atoms with Gasteiger partial charge in [-0.25, -0.2) is 13.2 Å². The molecule has 4 heteroatoms. The van der Waals surface area contributed by atoms with E-state index in [1.165, 1.54) is 7.11 Å². The predicted molar refractivity (Wildman–Crippen MR) is 44.2 cm³/mol. The monoisotopic (exact) mass is 192 g/mol. The lowest BCUT2D eigenvalue weighted by Crippen LogP contribution is -1.92. The number of benzene rings is 1. The first-order valence-corrected chi connectivity index (χ1v) is 3.83. The van der Waals surface area contributed by atoms with Crippen LogP contribution >= 0.6 is 0 Å². The molecule has 0 aliphatic heterocycles. The molecule has 1 aromatic carbocycles. The third-order valence-electron chi connectivity index (χ3n) is 1.19. The van der Waals surface area contributed by atoms with Crippen molar-refractivity contribution in [1.82, 2.24) is 0 Å². The smallest absolute Gasteiger partial charge is 0.194 e. The Balaban J connectivity index is 0.000000671. The Hall–Kier alpha value is -1.19. The second kappa shape index (κ2) is 5.45. The Kier molecular flexibility index (Phi) is 4.96. The van der Waals surface area contributed by atoms with Crippen LogP contribution in [0.15, 0.2) is 12.1 Å². The zero-order chi connectivity index (χ0) is 10.4. The second-order valence-electron chi connectivity index (χ2n) is 1.91. The van der Waals surface area contributed by atoms with Crippen molar-refractivity contribution in [1.29, 1.82) is 0 Å². The lowest BCUT2D eigenvalue weighted by Gasteiger charge is -2.00. The van der Waals surface area contributed by atoms with Gasteiger partial charge >= 0.3 is 0 Å². The van der Waals surface area contributed by atoms with Gasteiger partial charge in [-0.15, -0.1) is 0 Å². The van der Waals surface area contributed by atoms with Gasteiger partial charge in [0, 0.05) is 12.1 Å². The normalized spacial score (nSPS) is 8.77. The van der Waals surface area contributed by atoms with E-state index in [0.717, 1.165) is 12.1 Å². The molecule has 0 amide bonds. The summed E-state index contributed by atoms with van der Waals surface area (Å²) in [6, 6.07) is 1.55. The molecular weight excluding hydrogens is 181 g/mol. The highest BCUT2D eigenvalue weighted by Gasteiger charge is 2.09. The summed E-state index contributed by atoms with van der Waals surface area (Å²) in [5, 5.41) is 0. The van der Waals surface area contributed by atoms with Crippen molar-refractivity contribution >= 4 is 0 Å². The molecule has 1 rings (SSSR count). The molecule has 0 fully saturated rings. The Morgan fingerprint density at radius 1 is 1.00 bits per heavy atom. The van der Waals surface area contributed by atoms with E-state index in [0.29, 0.717) is 0 Å². The molecule has 0 aliphatic carbocycles. The van der Waals surface area contributed by atoms with Crippen molar-refractivity contribution in [2.24, 2.45) is 0 Å². The van der Waals surface area contributed by atoms with Crippen LogP contribution in [0.4, 0.5) is 13.2 Å². The Bertz CT molecular complexity index is 251. The van der Waals surface area contributed by atoms with Gasteiger partial charge in [-0.1, -0.05) is 13.8 Å². The predicted octanol–water partition coefficient (Wildman–Crippen LogP) is 3.14. The summed E-state index contributed by atoms with van der Waals surface area (Å²) < 4.78 is 41.4. The number of ether oxygens (including phenoxy) is 1. The fraction of sp³-hybridized carbons (Fsp3) is 0.333. The van der Waals surface area contributed by atoms with E-state index >= 15 is 0 Å². The molecule has 0 unspecified atom stereocenters. The molecule has 0 spiro atoms. The molecule has 0 saturated heterocycles. The first-order chi connectivity index (χ1) is 6.15. The summed E-state index contributed by atoms with van der Waals surface area (Å²) in [4.78, 5) is 0. The first kappa shape index (κ1) is 11.8. The topological polar surface area (TPSA) is 9.23 Å². The van der Waals surface area contributed by atoms with Gasteiger partial charge in [0.1, 0.15) is 5.75 Å². The number of methoxy groups -OCH3 is 1. The number of halogens is 3. The molecule has 0 saturated carbocycles. The quantitative estimate of drug-likeness (QED) is 0.621. The van der Waals surface area contributed by atoms with Gasteiger partial charge in [0.25, 0.3) is 0 Å². The van der Waals surface area contributed by atoms with Crippen molar-refractivity contribution in [3.63, 3.8) is 0 Å². The van der Waals surface area contributed by atoms with Crippen molar-refractivity contribution < 1.29 is 17.9 Å². The van der Waals surface area contributed by atoms with Gasteiger partial charge < -0.3 is 4.74 Å². The van der Waals surface area contributed by atoms with E-state index in [1.807, 2.05) is 13.8 Å². The van der Waals surface area contributed by atoms with Crippen LogP contribution in [0, 0.1) is 17.5 Å². The fourth-order valence-electron chi connectivity index (χ4n) is 0.650. The molecule has 0 heterocycles. The number of hydrogen-bond donors (Lipinski definition) is 0. The van der Waals surface area contributed by atoms with Crippen LogP contribution in [0.1, 0.15) is 13.8 Å². The number of rotatable bonds is 1. The molecule has 13 heavy (non-hydrogen) atoms. The maximum Gasteiger partial charge on any atom is 0.194 e. The van der Waals surface area contributed by atoms with Crippen LogP contribution in [0.25, 0.3) is 0 Å². The Labute approximate surface area is 75.1 Å². The maximum atomic E-state index is 12.3. The van der Waals surface area contributed by atoms with E-state index < -0.39 is 17.5 Å². The van der Waals surface area contributed by atoms with Crippen LogP contribution < -0.4 is 4.74 Å². The minimum absolute atomic E-state index is 0.0404. The van der Waals surface area contributed by atoms with Crippen molar-refractivity contribution in [2.45, 2.75) is 13.8 Å². The highest BCUT2D eigenvalue weighted by molar-refractivity contribution is 5.24. The van der Waals surface area contributed by atoms with Crippen molar-refractivity contribution in [3.05, 3.63) is 29.6 Å². The van der Waals surface area contributed by atoms with E-state index in [9.17, 15) is 13.2 Å².